The quantitative estimate of drug-likeness (QED) is 0.909. The summed E-state index contributed by atoms with van der Waals surface area (Å²) in [6.45, 7) is 3.02. The molecule has 6 heteroatoms. The minimum Gasteiger partial charge on any atom is -0.390 e. The topological polar surface area (TPSA) is 69.8 Å². The molecule has 3 heterocycles. The van der Waals surface area contributed by atoms with Crippen molar-refractivity contribution in [1.82, 2.24) is 15.0 Å². The lowest BCUT2D eigenvalue weighted by atomic mass is 10.1. The van der Waals surface area contributed by atoms with E-state index in [4.69, 9.17) is 4.52 Å². The van der Waals surface area contributed by atoms with Crippen LogP contribution in [0.15, 0.2) is 10.6 Å². The van der Waals surface area contributed by atoms with Gasteiger partial charge < -0.3 is 14.5 Å². The van der Waals surface area contributed by atoms with Crippen LogP contribution in [0.3, 0.4) is 0 Å². The molecule has 1 aromatic heterocycles. The number of carbonyl (C=O) groups excluding carboxylic acids is 1. The number of rotatable bonds is 3. The summed E-state index contributed by atoms with van der Waals surface area (Å²) in [5.41, 5.74) is 0.899. The van der Waals surface area contributed by atoms with Crippen molar-refractivity contribution in [2.45, 2.75) is 50.2 Å². The number of aliphatic hydroxyl groups excluding tert-OH is 1. The summed E-state index contributed by atoms with van der Waals surface area (Å²) in [6.07, 6.45) is 5.45. The molecule has 2 atom stereocenters. The van der Waals surface area contributed by atoms with Crippen molar-refractivity contribution in [2.24, 2.45) is 0 Å². The maximum Gasteiger partial charge on any atom is 0.292 e. The molecule has 1 aliphatic carbocycles. The molecule has 3 aliphatic rings. The zero-order valence-electron chi connectivity index (χ0n) is 12.8. The Bertz CT molecular complexity index is 549. The largest absolute Gasteiger partial charge is 0.390 e. The van der Waals surface area contributed by atoms with Crippen LogP contribution in [0.4, 0.5) is 0 Å². The van der Waals surface area contributed by atoms with Gasteiger partial charge in [-0.05, 0) is 38.8 Å². The van der Waals surface area contributed by atoms with Crippen molar-refractivity contribution in [3.05, 3.63) is 17.5 Å². The molecule has 0 bridgehead atoms. The van der Waals surface area contributed by atoms with Crippen LogP contribution >= 0.6 is 0 Å². The van der Waals surface area contributed by atoms with E-state index in [0.29, 0.717) is 24.8 Å². The van der Waals surface area contributed by atoms with Crippen LogP contribution in [-0.4, -0.2) is 64.3 Å². The molecule has 2 aliphatic heterocycles. The number of hydrogen-bond donors (Lipinski definition) is 1. The zero-order valence-corrected chi connectivity index (χ0v) is 12.8. The number of aromatic nitrogens is 1. The third kappa shape index (κ3) is 2.65. The van der Waals surface area contributed by atoms with E-state index in [2.05, 4.69) is 10.1 Å². The van der Waals surface area contributed by atoms with Gasteiger partial charge in [0.15, 0.2) is 0 Å². The molecule has 120 valence electrons. The average Bonchev–Trinajstić information content (AvgIpc) is 3.15. The summed E-state index contributed by atoms with van der Waals surface area (Å²) in [4.78, 5) is 16.6. The van der Waals surface area contributed by atoms with Crippen molar-refractivity contribution >= 4 is 5.91 Å². The number of piperidine rings is 1. The van der Waals surface area contributed by atoms with E-state index in [1.807, 2.05) is 0 Å². The Morgan fingerprint density at radius 3 is 2.73 bits per heavy atom. The van der Waals surface area contributed by atoms with E-state index >= 15 is 0 Å². The maximum atomic E-state index is 12.5. The fourth-order valence-corrected chi connectivity index (χ4v) is 3.66. The van der Waals surface area contributed by atoms with Gasteiger partial charge in [0.05, 0.1) is 17.8 Å². The number of β-amino-alcohol motifs (C(OH)–C–C–N with tert-alkyl or cyclic N) is 1. The number of likely N-dealkylation sites (tertiary alicyclic amines) is 2. The van der Waals surface area contributed by atoms with Gasteiger partial charge >= 0.3 is 0 Å². The van der Waals surface area contributed by atoms with Gasteiger partial charge in [-0.1, -0.05) is 11.6 Å². The first-order chi connectivity index (χ1) is 10.7. The molecule has 1 amide bonds. The number of hydrogen-bond acceptors (Lipinski definition) is 5. The smallest absolute Gasteiger partial charge is 0.292 e. The van der Waals surface area contributed by atoms with Crippen molar-refractivity contribution in [3.8, 4) is 0 Å². The van der Waals surface area contributed by atoms with Crippen LogP contribution in [0.5, 0.6) is 0 Å². The van der Waals surface area contributed by atoms with Gasteiger partial charge in [-0.15, -0.1) is 0 Å². The Morgan fingerprint density at radius 1 is 1.23 bits per heavy atom. The second-order valence-electron chi connectivity index (χ2n) is 6.83. The van der Waals surface area contributed by atoms with Crippen molar-refractivity contribution in [2.75, 3.05) is 26.2 Å². The molecule has 1 aromatic rings. The highest BCUT2D eigenvalue weighted by atomic mass is 16.5. The second-order valence-corrected chi connectivity index (χ2v) is 6.83. The lowest BCUT2D eigenvalue weighted by Gasteiger charge is -2.33. The van der Waals surface area contributed by atoms with E-state index in [1.54, 1.807) is 11.0 Å². The number of amides is 1. The van der Waals surface area contributed by atoms with E-state index < -0.39 is 6.10 Å². The summed E-state index contributed by atoms with van der Waals surface area (Å²) >= 11 is 0. The molecule has 1 N–H and O–H groups in total. The third-order valence-electron chi connectivity index (χ3n) is 5.14. The minimum atomic E-state index is -0.465. The highest BCUT2D eigenvalue weighted by molar-refractivity contribution is 5.91. The molecular formula is C16H23N3O3. The Labute approximate surface area is 130 Å². The summed E-state index contributed by atoms with van der Waals surface area (Å²) in [5, 5.41) is 14.3. The number of aliphatic hydroxyl groups is 1. The van der Waals surface area contributed by atoms with E-state index in [1.165, 1.54) is 19.3 Å². The predicted octanol–water partition coefficient (Wildman–Crippen LogP) is 1.22. The zero-order chi connectivity index (χ0) is 15.1. The van der Waals surface area contributed by atoms with Gasteiger partial charge in [0.2, 0.25) is 5.76 Å². The first-order valence-corrected chi connectivity index (χ1v) is 8.40. The van der Waals surface area contributed by atoms with Crippen molar-refractivity contribution < 1.29 is 14.4 Å². The molecule has 0 aromatic carbocycles. The molecule has 0 spiro atoms. The van der Waals surface area contributed by atoms with Gasteiger partial charge in [-0.2, -0.15) is 0 Å². The predicted molar refractivity (Wildman–Crippen MR) is 79.6 cm³/mol. The lowest BCUT2D eigenvalue weighted by Crippen LogP contribution is -2.46. The highest BCUT2D eigenvalue weighted by Gasteiger charge is 2.39. The fraction of sp³-hybridized carbons (Fsp3) is 0.750. The average molecular weight is 305 g/mol. The summed E-state index contributed by atoms with van der Waals surface area (Å²) < 4.78 is 5.22. The number of carbonyl (C=O) groups is 1. The molecule has 0 radical (unpaired) electrons. The first-order valence-electron chi connectivity index (χ1n) is 8.40. The fourth-order valence-electron chi connectivity index (χ4n) is 3.66. The van der Waals surface area contributed by atoms with Gasteiger partial charge in [-0.25, -0.2) is 0 Å². The van der Waals surface area contributed by atoms with Gasteiger partial charge in [0, 0.05) is 25.1 Å². The SMILES string of the molecule is O=C(c1cc(C2CC2)no1)N1C[C@H](O)[C@@H](N2CCCCC2)C1. The van der Waals surface area contributed by atoms with Crippen LogP contribution in [0, 0.1) is 0 Å². The van der Waals surface area contributed by atoms with Crippen LogP contribution in [-0.2, 0) is 0 Å². The van der Waals surface area contributed by atoms with Gasteiger partial charge in [0.25, 0.3) is 5.91 Å². The standard InChI is InChI=1S/C16H23N3O3/c20-14-10-19(9-13(14)18-6-2-1-3-7-18)16(21)15-8-12(17-22-15)11-4-5-11/h8,11,13-14,20H,1-7,9-10H2/t13-,14-/m0/s1. The van der Waals surface area contributed by atoms with E-state index in [9.17, 15) is 9.90 Å². The normalized spacial score (nSPS) is 30.0. The molecule has 0 unspecified atom stereocenters. The van der Waals surface area contributed by atoms with Crippen LogP contribution in [0.1, 0.15) is 54.3 Å². The summed E-state index contributed by atoms with van der Waals surface area (Å²) in [6, 6.07) is 1.84. The third-order valence-corrected chi connectivity index (χ3v) is 5.14. The van der Waals surface area contributed by atoms with Crippen molar-refractivity contribution in [3.63, 3.8) is 0 Å². The highest BCUT2D eigenvalue weighted by Crippen LogP contribution is 2.39. The molecule has 22 heavy (non-hydrogen) atoms. The van der Waals surface area contributed by atoms with E-state index in [-0.39, 0.29) is 11.9 Å². The Morgan fingerprint density at radius 2 is 2.00 bits per heavy atom. The Kier molecular flexibility index (Phi) is 3.66. The Hall–Kier alpha value is -1.40. The summed E-state index contributed by atoms with van der Waals surface area (Å²) in [7, 11) is 0. The van der Waals surface area contributed by atoms with Crippen LogP contribution in [0.25, 0.3) is 0 Å². The van der Waals surface area contributed by atoms with E-state index in [0.717, 1.165) is 31.6 Å². The molecule has 4 rings (SSSR count). The maximum absolute atomic E-state index is 12.5. The molecule has 2 saturated heterocycles. The van der Waals surface area contributed by atoms with Crippen molar-refractivity contribution in [1.29, 1.82) is 0 Å². The first kappa shape index (κ1) is 14.2. The molecule has 1 saturated carbocycles. The van der Waals surface area contributed by atoms with Crippen LogP contribution < -0.4 is 0 Å². The molecular weight excluding hydrogens is 282 g/mol. The summed E-state index contributed by atoms with van der Waals surface area (Å²) in [5.74, 6) is 0.655. The Balaban J connectivity index is 1.42. The second kappa shape index (κ2) is 5.66. The lowest BCUT2D eigenvalue weighted by molar-refractivity contribution is 0.0698. The monoisotopic (exact) mass is 305 g/mol. The van der Waals surface area contributed by atoms with Gasteiger partial charge in [0.1, 0.15) is 0 Å². The van der Waals surface area contributed by atoms with Gasteiger partial charge in [-0.3, -0.25) is 9.69 Å². The molecule has 6 nitrogen and oxygen atoms in total. The molecule has 3 fully saturated rings. The minimum absolute atomic E-state index is 0.0649. The number of nitrogens with zero attached hydrogens (tertiary/aromatic N) is 3. The van der Waals surface area contributed by atoms with Crippen LogP contribution in [0.2, 0.25) is 0 Å².